The Balaban J connectivity index is 1.22. The highest BCUT2D eigenvalue weighted by Gasteiger charge is 2.43. The van der Waals surface area contributed by atoms with Gasteiger partial charge in [-0.25, -0.2) is 4.98 Å². The normalized spacial score (nSPS) is 23.1. The summed E-state index contributed by atoms with van der Waals surface area (Å²) in [5.41, 5.74) is 5.57. The molecule has 6 rings (SSSR count). The maximum atomic E-state index is 6.51. The Bertz CT molecular complexity index is 923. The molecule has 0 amide bonds. The van der Waals surface area contributed by atoms with Gasteiger partial charge in [-0.3, -0.25) is 4.98 Å². The molecule has 2 fully saturated rings. The molecule has 27 heavy (non-hydrogen) atoms. The molecule has 0 radical (unpaired) electrons. The second-order valence-corrected chi connectivity index (χ2v) is 8.60. The van der Waals surface area contributed by atoms with Gasteiger partial charge in [-0.2, -0.15) is 0 Å². The number of benzene rings is 1. The Morgan fingerprint density at radius 1 is 1.15 bits per heavy atom. The fourth-order valence-corrected chi connectivity index (χ4v) is 5.06. The van der Waals surface area contributed by atoms with Crippen LogP contribution in [0, 0.1) is 0 Å². The zero-order valence-electron chi connectivity index (χ0n) is 15.7. The van der Waals surface area contributed by atoms with Crippen LogP contribution < -0.4 is 4.74 Å². The lowest BCUT2D eigenvalue weighted by Crippen LogP contribution is -2.52. The SMILES string of the molecule is C1=Cc2nc(-c3ccc4c(c3)CC3(CCN(C5CCC5)CC3)O4)cnc2C1. The molecule has 0 atom stereocenters. The summed E-state index contributed by atoms with van der Waals surface area (Å²) < 4.78 is 6.51. The Kier molecular flexibility index (Phi) is 3.46. The molecule has 1 saturated heterocycles. The average molecular weight is 359 g/mol. The van der Waals surface area contributed by atoms with Crippen molar-refractivity contribution < 1.29 is 4.74 Å². The lowest BCUT2D eigenvalue weighted by atomic mass is 9.83. The third-order valence-corrected chi connectivity index (χ3v) is 6.96. The van der Waals surface area contributed by atoms with Crippen molar-refractivity contribution in [3.8, 4) is 17.0 Å². The molecule has 1 aromatic heterocycles. The largest absolute Gasteiger partial charge is 0.487 e. The molecule has 4 aliphatic rings. The Morgan fingerprint density at radius 2 is 2.04 bits per heavy atom. The van der Waals surface area contributed by atoms with E-state index in [0.717, 1.165) is 60.1 Å². The molecule has 1 saturated carbocycles. The van der Waals surface area contributed by atoms with Gasteiger partial charge in [0, 0.05) is 50.4 Å². The summed E-state index contributed by atoms with van der Waals surface area (Å²) in [7, 11) is 0. The van der Waals surface area contributed by atoms with Gasteiger partial charge in [0.1, 0.15) is 11.4 Å². The number of aromatic nitrogens is 2. The number of ether oxygens (including phenoxy) is 1. The fraction of sp³-hybridized carbons (Fsp3) is 0.478. The molecule has 4 nitrogen and oxygen atoms in total. The van der Waals surface area contributed by atoms with Crippen LogP contribution in [-0.4, -0.2) is 39.6 Å². The van der Waals surface area contributed by atoms with Crippen LogP contribution in [0.2, 0.25) is 0 Å². The van der Waals surface area contributed by atoms with Crippen LogP contribution in [0.15, 0.2) is 30.5 Å². The van der Waals surface area contributed by atoms with E-state index in [9.17, 15) is 0 Å². The molecule has 0 unspecified atom stereocenters. The second-order valence-electron chi connectivity index (χ2n) is 8.60. The second kappa shape index (κ2) is 5.90. The van der Waals surface area contributed by atoms with Crippen LogP contribution in [-0.2, 0) is 12.8 Å². The zero-order valence-corrected chi connectivity index (χ0v) is 15.7. The van der Waals surface area contributed by atoms with Gasteiger partial charge in [-0.05, 0) is 42.7 Å². The van der Waals surface area contributed by atoms with E-state index in [1.165, 1.54) is 37.9 Å². The topological polar surface area (TPSA) is 38.2 Å². The van der Waals surface area contributed by atoms with Crippen molar-refractivity contribution in [2.24, 2.45) is 0 Å². The van der Waals surface area contributed by atoms with Gasteiger partial charge < -0.3 is 9.64 Å². The average Bonchev–Trinajstić information content (AvgIpc) is 3.25. The first-order valence-corrected chi connectivity index (χ1v) is 10.4. The number of nitrogens with zero attached hydrogens (tertiary/aromatic N) is 3. The predicted octanol–water partition coefficient (Wildman–Crippen LogP) is 4.03. The van der Waals surface area contributed by atoms with Crippen LogP contribution >= 0.6 is 0 Å². The minimum absolute atomic E-state index is 0.0214. The van der Waals surface area contributed by atoms with Crippen LogP contribution in [0.3, 0.4) is 0 Å². The number of allylic oxidation sites excluding steroid dienone is 1. The first-order valence-electron chi connectivity index (χ1n) is 10.4. The maximum Gasteiger partial charge on any atom is 0.123 e. The lowest BCUT2D eigenvalue weighted by Gasteiger charge is -2.45. The molecule has 4 heteroatoms. The van der Waals surface area contributed by atoms with Crippen LogP contribution in [0.4, 0.5) is 0 Å². The Morgan fingerprint density at radius 3 is 2.85 bits per heavy atom. The van der Waals surface area contributed by atoms with Crippen molar-refractivity contribution in [2.45, 2.75) is 56.6 Å². The highest BCUT2D eigenvalue weighted by atomic mass is 16.5. The minimum Gasteiger partial charge on any atom is -0.487 e. The first kappa shape index (κ1) is 15.8. The number of rotatable bonds is 2. The third-order valence-electron chi connectivity index (χ3n) is 6.96. The quantitative estimate of drug-likeness (QED) is 0.811. The van der Waals surface area contributed by atoms with Gasteiger partial charge in [-0.15, -0.1) is 0 Å². The van der Waals surface area contributed by atoms with E-state index in [2.05, 4.69) is 40.2 Å². The predicted molar refractivity (Wildman–Crippen MR) is 106 cm³/mol. The van der Waals surface area contributed by atoms with Crippen LogP contribution in [0.5, 0.6) is 5.75 Å². The molecular formula is C23H25N3O. The molecule has 138 valence electrons. The van der Waals surface area contributed by atoms with Gasteiger partial charge in [0.15, 0.2) is 0 Å². The number of likely N-dealkylation sites (tertiary alicyclic amines) is 1. The number of fused-ring (bicyclic) bond motifs is 2. The fourth-order valence-electron chi connectivity index (χ4n) is 5.06. The highest BCUT2D eigenvalue weighted by molar-refractivity contribution is 5.65. The van der Waals surface area contributed by atoms with Gasteiger partial charge in [0.25, 0.3) is 0 Å². The molecule has 3 heterocycles. The Hall–Kier alpha value is -2.20. The van der Waals surface area contributed by atoms with Crippen molar-refractivity contribution >= 4 is 6.08 Å². The van der Waals surface area contributed by atoms with Gasteiger partial charge in [0.05, 0.1) is 23.3 Å². The summed E-state index contributed by atoms with van der Waals surface area (Å²) in [5, 5.41) is 0. The Labute approximate surface area is 160 Å². The van der Waals surface area contributed by atoms with E-state index in [1.54, 1.807) is 0 Å². The molecule has 2 aliphatic carbocycles. The summed E-state index contributed by atoms with van der Waals surface area (Å²) in [6, 6.07) is 7.40. The smallest absolute Gasteiger partial charge is 0.123 e. The van der Waals surface area contributed by atoms with Crippen molar-refractivity contribution in [1.29, 1.82) is 0 Å². The van der Waals surface area contributed by atoms with E-state index >= 15 is 0 Å². The molecule has 2 aromatic rings. The lowest BCUT2D eigenvalue weighted by molar-refractivity contribution is -0.00746. The summed E-state index contributed by atoms with van der Waals surface area (Å²) >= 11 is 0. The molecule has 0 bridgehead atoms. The van der Waals surface area contributed by atoms with E-state index in [1.807, 2.05) is 6.20 Å². The van der Waals surface area contributed by atoms with E-state index in [0.29, 0.717) is 0 Å². The zero-order chi connectivity index (χ0) is 17.8. The molecule has 1 aromatic carbocycles. The number of piperidine rings is 1. The number of hydrogen-bond donors (Lipinski definition) is 0. The minimum atomic E-state index is 0.0214. The molecular weight excluding hydrogens is 334 g/mol. The van der Waals surface area contributed by atoms with Crippen LogP contribution in [0.25, 0.3) is 17.3 Å². The van der Waals surface area contributed by atoms with Crippen molar-refractivity contribution in [3.05, 3.63) is 47.4 Å². The summed E-state index contributed by atoms with van der Waals surface area (Å²) in [6.07, 6.45) is 14.6. The van der Waals surface area contributed by atoms with Gasteiger partial charge >= 0.3 is 0 Å². The summed E-state index contributed by atoms with van der Waals surface area (Å²) in [4.78, 5) is 12.1. The molecule has 0 N–H and O–H groups in total. The van der Waals surface area contributed by atoms with E-state index in [-0.39, 0.29) is 5.60 Å². The van der Waals surface area contributed by atoms with E-state index in [4.69, 9.17) is 9.72 Å². The molecule has 2 aliphatic heterocycles. The standard InChI is InChI=1S/C23H25N3O/c1-3-18(4-1)26-11-9-23(10-12-26)14-17-13-16(7-8-22(17)27-23)21-15-24-19-5-2-6-20(19)25-21/h2,6-8,13,15,18H,1,3-5,9-12,14H2. The summed E-state index contributed by atoms with van der Waals surface area (Å²) in [5.74, 6) is 1.07. The molecule has 1 spiro atoms. The summed E-state index contributed by atoms with van der Waals surface area (Å²) in [6.45, 7) is 2.38. The van der Waals surface area contributed by atoms with Gasteiger partial charge in [-0.1, -0.05) is 12.5 Å². The van der Waals surface area contributed by atoms with Crippen molar-refractivity contribution in [2.75, 3.05) is 13.1 Å². The third kappa shape index (κ3) is 2.61. The monoisotopic (exact) mass is 359 g/mol. The van der Waals surface area contributed by atoms with Crippen molar-refractivity contribution in [1.82, 2.24) is 14.9 Å². The highest BCUT2D eigenvalue weighted by Crippen LogP contribution is 2.43. The first-order chi connectivity index (χ1) is 13.3. The van der Waals surface area contributed by atoms with Crippen molar-refractivity contribution in [3.63, 3.8) is 0 Å². The van der Waals surface area contributed by atoms with E-state index < -0.39 is 0 Å². The van der Waals surface area contributed by atoms with Gasteiger partial charge in [0.2, 0.25) is 0 Å². The number of hydrogen-bond acceptors (Lipinski definition) is 4. The van der Waals surface area contributed by atoms with Crippen LogP contribution in [0.1, 0.15) is 49.1 Å². The maximum absolute atomic E-state index is 6.51.